The molecule has 0 unspecified atom stereocenters. The molecule has 232 valence electrons. The summed E-state index contributed by atoms with van der Waals surface area (Å²) in [6.45, 7) is 11.9. The number of aliphatic hydroxyl groups is 1. The van der Waals surface area contributed by atoms with Crippen LogP contribution in [-0.4, -0.2) is 63.8 Å². The van der Waals surface area contributed by atoms with Gasteiger partial charge in [0.15, 0.2) is 11.5 Å². The van der Waals surface area contributed by atoms with Crippen molar-refractivity contribution in [3.05, 3.63) is 44.2 Å². The van der Waals surface area contributed by atoms with Gasteiger partial charge in [-0.2, -0.15) is 0 Å². The quantitative estimate of drug-likeness (QED) is 0.158. The van der Waals surface area contributed by atoms with Crippen LogP contribution in [0.3, 0.4) is 0 Å². The van der Waals surface area contributed by atoms with Crippen molar-refractivity contribution < 1.29 is 19.3 Å². The highest BCUT2D eigenvalue weighted by Crippen LogP contribution is 2.32. The standard InChI is InChI=1S/C32H53N3O6/c1-21(2)10-12-24(33)25(36)20-34-28-29(31(38)30(28)37)35(6)32(4,5)15-14-22(3)18-23-11-13-26(40-8)27(19-23)41-17-9-16-39-7/h11,13,19,21-22,24-25,34,36H,9-10,12,14-18,20,33H2,1-8H3/t22-,24-,25-/m0/s1. The maximum absolute atomic E-state index is 12.6. The van der Waals surface area contributed by atoms with Crippen LogP contribution >= 0.6 is 0 Å². The zero-order chi connectivity index (χ0) is 30.7. The third-order valence-corrected chi connectivity index (χ3v) is 8.00. The molecule has 0 saturated carbocycles. The van der Waals surface area contributed by atoms with E-state index in [0.717, 1.165) is 37.9 Å². The molecule has 0 aromatic heterocycles. The Morgan fingerprint density at radius 1 is 1.02 bits per heavy atom. The summed E-state index contributed by atoms with van der Waals surface area (Å²) in [4.78, 5) is 26.9. The number of hydrogen-bond donors (Lipinski definition) is 3. The van der Waals surface area contributed by atoms with E-state index in [9.17, 15) is 14.7 Å². The van der Waals surface area contributed by atoms with Gasteiger partial charge in [0.2, 0.25) is 0 Å². The molecule has 9 heteroatoms. The first-order valence-corrected chi connectivity index (χ1v) is 14.9. The smallest absolute Gasteiger partial charge is 0.253 e. The van der Waals surface area contributed by atoms with Gasteiger partial charge in [-0.25, -0.2) is 0 Å². The third-order valence-electron chi connectivity index (χ3n) is 8.00. The van der Waals surface area contributed by atoms with Crippen molar-refractivity contribution in [1.82, 2.24) is 0 Å². The van der Waals surface area contributed by atoms with Crippen LogP contribution in [0.25, 0.3) is 0 Å². The Morgan fingerprint density at radius 3 is 2.37 bits per heavy atom. The predicted octanol–water partition coefficient (Wildman–Crippen LogP) is 4.12. The van der Waals surface area contributed by atoms with E-state index in [2.05, 4.69) is 46.0 Å². The fourth-order valence-corrected chi connectivity index (χ4v) is 4.86. The number of nitrogens with two attached hydrogens (primary N) is 1. The van der Waals surface area contributed by atoms with Crippen molar-refractivity contribution in [3.63, 3.8) is 0 Å². The van der Waals surface area contributed by atoms with E-state index >= 15 is 0 Å². The van der Waals surface area contributed by atoms with E-state index in [1.54, 1.807) is 14.2 Å². The summed E-state index contributed by atoms with van der Waals surface area (Å²) >= 11 is 0. The second kappa shape index (κ2) is 16.1. The molecule has 9 nitrogen and oxygen atoms in total. The average molecular weight is 576 g/mol. The van der Waals surface area contributed by atoms with Crippen LogP contribution in [0.2, 0.25) is 0 Å². The lowest BCUT2D eigenvalue weighted by Crippen LogP contribution is -2.50. The highest BCUT2D eigenvalue weighted by molar-refractivity contribution is 5.75. The molecule has 0 heterocycles. The first kappa shape index (κ1) is 34.6. The van der Waals surface area contributed by atoms with E-state index in [0.29, 0.717) is 42.9 Å². The number of nitrogens with zero attached hydrogens (tertiary/aromatic N) is 1. The number of benzene rings is 1. The van der Waals surface area contributed by atoms with Gasteiger partial charge in [0, 0.05) is 45.3 Å². The molecule has 0 amide bonds. The molecule has 0 aliphatic heterocycles. The SMILES string of the molecule is COCCCOc1cc(C[C@@H](C)CCC(C)(C)N(C)c2c(NC[C@H](O)[C@@H](N)CCC(C)C)c(=O)c2=O)ccc1OC. The summed E-state index contributed by atoms with van der Waals surface area (Å²) in [6.07, 6.45) is 4.23. The Morgan fingerprint density at radius 2 is 1.73 bits per heavy atom. The molecule has 3 atom stereocenters. The largest absolute Gasteiger partial charge is 0.493 e. The molecular weight excluding hydrogens is 522 g/mol. The van der Waals surface area contributed by atoms with Crippen LogP contribution in [-0.2, 0) is 11.2 Å². The summed E-state index contributed by atoms with van der Waals surface area (Å²) < 4.78 is 16.5. The molecule has 0 radical (unpaired) electrons. The lowest BCUT2D eigenvalue weighted by Gasteiger charge is -2.39. The Bertz CT molecular complexity index is 1140. The van der Waals surface area contributed by atoms with Gasteiger partial charge in [0.25, 0.3) is 10.9 Å². The second-order valence-corrected chi connectivity index (χ2v) is 12.4. The van der Waals surface area contributed by atoms with Crippen LogP contribution < -0.4 is 36.3 Å². The van der Waals surface area contributed by atoms with Gasteiger partial charge in [-0.05, 0) is 75.5 Å². The van der Waals surface area contributed by atoms with Crippen LogP contribution in [0.1, 0.15) is 72.3 Å². The first-order valence-electron chi connectivity index (χ1n) is 14.9. The molecule has 0 spiro atoms. The van der Waals surface area contributed by atoms with Gasteiger partial charge in [-0.1, -0.05) is 26.8 Å². The van der Waals surface area contributed by atoms with Gasteiger partial charge in [0.1, 0.15) is 11.4 Å². The molecule has 0 aliphatic rings. The number of rotatable bonds is 20. The van der Waals surface area contributed by atoms with E-state index in [-0.39, 0.29) is 23.8 Å². The van der Waals surface area contributed by atoms with Crippen molar-refractivity contribution in [1.29, 1.82) is 0 Å². The van der Waals surface area contributed by atoms with Crippen molar-refractivity contribution in [3.8, 4) is 11.5 Å². The number of nitrogens with one attached hydrogen (secondary N) is 1. The highest BCUT2D eigenvalue weighted by atomic mass is 16.5. The zero-order valence-corrected chi connectivity index (χ0v) is 26.4. The Kier molecular flexibility index (Phi) is 13.6. The van der Waals surface area contributed by atoms with Gasteiger partial charge in [-0.15, -0.1) is 0 Å². The summed E-state index contributed by atoms with van der Waals surface area (Å²) in [5, 5.41) is 13.5. The molecule has 0 saturated heterocycles. The Hall–Kier alpha value is -2.62. The normalized spacial score (nSPS) is 14.2. The molecule has 2 aromatic carbocycles. The highest BCUT2D eigenvalue weighted by Gasteiger charge is 2.33. The molecular formula is C32H53N3O6. The molecule has 2 rings (SSSR count). The van der Waals surface area contributed by atoms with Gasteiger partial charge < -0.3 is 35.3 Å². The number of hydrogen-bond acceptors (Lipinski definition) is 9. The number of anilines is 2. The van der Waals surface area contributed by atoms with Crippen LogP contribution in [0.5, 0.6) is 11.5 Å². The second-order valence-electron chi connectivity index (χ2n) is 12.4. The fraction of sp³-hybridized carbons (Fsp3) is 0.688. The topological polar surface area (TPSA) is 123 Å². The van der Waals surface area contributed by atoms with E-state index in [1.807, 2.05) is 24.1 Å². The summed E-state index contributed by atoms with van der Waals surface area (Å²) in [7, 11) is 5.17. The minimum absolute atomic E-state index is 0.127. The van der Waals surface area contributed by atoms with Gasteiger partial charge in [-0.3, -0.25) is 9.59 Å². The van der Waals surface area contributed by atoms with Gasteiger partial charge >= 0.3 is 0 Å². The molecule has 0 fully saturated rings. The number of methoxy groups -OCH3 is 2. The zero-order valence-electron chi connectivity index (χ0n) is 26.4. The molecule has 41 heavy (non-hydrogen) atoms. The number of aliphatic hydroxyl groups excluding tert-OH is 1. The van der Waals surface area contributed by atoms with Crippen molar-refractivity contribution in [2.75, 3.05) is 51.2 Å². The summed E-state index contributed by atoms with van der Waals surface area (Å²) in [5.41, 5.74) is 6.54. The number of ether oxygens (including phenoxy) is 3. The molecule has 4 N–H and O–H groups in total. The van der Waals surface area contributed by atoms with Crippen LogP contribution in [0.4, 0.5) is 11.4 Å². The maximum atomic E-state index is 12.6. The minimum Gasteiger partial charge on any atom is -0.493 e. The minimum atomic E-state index is -0.806. The Labute approximate surface area is 246 Å². The van der Waals surface area contributed by atoms with E-state index in [1.165, 1.54) is 5.56 Å². The van der Waals surface area contributed by atoms with Crippen molar-refractivity contribution >= 4 is 11.4 Å². The molecule has 0 bridgehead atoms. The predicted molar refractivity (Wildman–Crippen MR) is 167 cm³/mol. The van der Waals surface area contributed by atoms with Crippen molar-refractivity contribution in [2.45, 2.75) is 90.8 Å². The van der Waals surface area contributed by atoms with Crippen LogP contribution in [0, 0.1) is 11.8 Å². The van der Waals surface area contributed by atoms with Crippen molar-refractivity contribution in [2.24, 2.45) is 17.6 Å². The third kappa shape index (κ3) is 10.0. The maximum Gasteiger partial charge on any atom is 0.253 e. The fourth-order valence-electron chi connectivity index (χ4n) is 4.86. The Balaban J connectivity index is 1.98. The van der Waals surface area contributed by atoms with Crippen LogP contribution in [0.15, 0.2) is 27.8 Å². The average Bonchev–Trinajstić information content (AvgIpc) is 2.94. The first-order chi connectivity index (χ1) is 19.3. The lowest BCUT2D eigenvalue weighted by molar-refractivity contribution is 0.149. The lowest BCUT2D eigenvalue weighted by atomic mass is 9.88. The molecule has 0 aliphatic carbocycles. The monoisotopic (exact) mass is 575 g/mol. The van der Waals surface area contributed by atoms with Gasteiger partial charge in [0.05, 0.1) is 19.8 Å². The van der Waals surface area contributed by atoms with E-state index < -0.39 is 17.0 Å². The molecule has 2 aromatic rings. The van der Waals surface area contributed by atoms with E-state index in [4.69, 9.17) is 19.9 Å². The summed E-state index contributed by atoms with van der Waals surface area (Å²) in [6, 6.07) is 5.67. The summed E-state index contributed by atoms with van der Waals surface area (Å²) in [5.74, 6) is 2.33.